The number of anilines is 1. The summed E-state index contributed by atoms with van der Waals surface area (Å²) in [5.41, 5.74) is 2.20. The minimum atomic E-state index is 0.566. The molecule has 0 unspecified atom stereocenters. The molecule has 2 aromatic rings. The topological polar surface area (TPSA) is 50.1 Å². The first-order valence-electron chi connectivity index (χ1n) is 5.38. The fraction of sp³-hybridized carbons (Fsp3) is 0.250. The number of hydrogen-bond acceptors (Lipinski definition) is 4. The Labute approximate surface area is 93.7 Å². The van der Waals surface area contributed by atoms with E-state index in [1.165, 1.54) is 6.39 Å². The van der Waals surface area contributed by atoms with Crippen LogP contribution in [0.2, 0.25) is 0 Å². The molecule has 0 bridgehead atoms. The molecule has 1 saturated heterocycles. The van der Waals surface area contributed by atoms with E-state index in [1.807, 2.05) is 12.1 Å². The van der Waals surface area contributed by atoms with E-state index >= 15 is 0 Å². The first kappa shape index (κ1) is 9.42. The molecular formula is C12H13N3O. The normalized spacial score (nSPS) is 15.8. The highest BCUT2D eigenvalue weighted by Crippen LogP contribution is 2.21. The molecule has 1 aliphatic rings. The van der Waals surface area contributed by atoms with E-state index in [0.717, 1.165) is 30.1 Å². The van der Waals surface area contributed by atoms with Crippen molar-refractivity contribution >= 4 is 5.69 Å². The van der Waals surface area contributed by atoms with Crippen LogP contribution in [0.4, 0.5) is 5.69 Å². The summed E-state index contributed by atoms with van der Waals surface area (Å²) in [7, 11) is 0. The van der Waals surface area contributed by atoms with Crippen LogP contribution in [-0.2, 0) is 0 Å². The van der Waals surface area contributed by atoms with Crippen molar-refractivity contribution in [3.05, 3.63) is 36.9 Å². The first-order chi connectivity index (χ1) is 7.92. The van der Waals surface area contributed by atoms with Crippen LogP contribution in [0.3, 0.4) is 0 Å². The van der Waals surface area contributed by atoms with E-state index in [9.17, 15) is 0 Å². The Bertz CT molecular complexity index is 446. The van der Waals surface area contributed by atoms with Crippen molar-refractivity contribution < 1.29 is 4.42 Å². The van der Waals surface area contributed by atoms with Crippen molar-refractivity contribution in [2.75, 3.05) is 18.4 Å². The van der Waals surface area contributed by atoms with Gasteiger partial charge in [-0.25, -0.2) is 4.98 Å². The molecule has 0 amide bonds. The van der Waals surface area contributed by atoms with Gasteiger partial charge in [0.1, 0.15) is 0 Å². The van der Waals surface area contributed by atoms with Crippen molar-refractivity contribution in [3.63, 3.8) is 0 Å². The van der Waals surface area contributed by atoms with Gasteiger partial charge in [-0.2, -0.15) is 0 Å². The largest absolute Gasteiger partial charge is 0.444 e. The first-order valence-corrected chi connectivity index (χ1v) is 5.38. The third kappa shape index (κ3) is 1.79. The fourth-order valence-corrected chi connectivity index (χ4v) is 1.72. The minimum Gasteiger partial charge on any atom is -0.444 e. The monoisotopic (exact) mass is 215 g/mol. The lowest BCUT2D eigenvalue weighted by molar-refractivity contribution is 0.472. The Morgan fingerprint density at radius 2 is 2.06 bits per heavy atom. The minimum absolute atomic E-state index is 0.566. The highest BCUT2D eigenvalue weighted by molar-refractivity contribution is 5.60. The van der Waals surface area contributed by atoms with Gasteiger partial charge in [-0.1, -0.05) is 0 Å². The van der Waals surface area contributed by atoms with Crippen molar-refractivity contribution in [1.82, 2.24) is 10.3 Å². The van der Waals surface area contributed by atoms with E-state index in [-0.39, 0.29) is 0 Å². The molecule has 4 heteroatoms. The van der Waals surface area contributed by atoms with Crippen LogP contribution in [0.15, 0.2) is 41.3 Å². The van der Waals surface area contributed by atoms with Gasteiger partial charge in [0.2, 0.25) is 0 Å². The van der Waals surface area contributed by atoms with E-state index < -0.39 is 0 Å². The van der Waals surface area contributed by atoms with Crippen LogP contribution >= 0.6 is 0 Å². The number of rotatable bonds is 3. The van der Waals surface area contributed by atoms with Gasteiger partial charge in [-0.15, -0.1) is 0 Å². The summed E-state index contributed by atoms with van der Waals surface area (Å²) in [6.07, 6.45) is 3.17. The quantitative estimate of drug-likeness (QED) is 0.818. The smallest absolute Gasteiger partial charge is 0.181 e. The van der Waals surface area contributed by atoms with E-state index in [0.29, 0.717) is 6.04 Å². The van der Waals surface area contributed by atoms with Gasteiger partial charge in [-0.05, 0) is 24.3 Å². The molecule has 3 rings (SSSR count). The van der Waals surface area contributed by atoms with E-state index in [4.69, 9.17) is 4.42 Å². The van der Waals surface area contributed by atoms with Gasteiger partial charge in [0, 0.05) is 24.3 Å². The number of nitrogens with one attached hydrogen (secondary N) is 2. The highest BCUT2D eigenvalue weighted by Gasteiger charge is 2.15. The molecule has 1 fully saturated rings. The molecule has 0 radical (unpaired) electrons. The molecule has 0 aliphatic carbocycles. The third-order valence-electron chi connectivity index (χ3n) is 2.75. The van der Waals surface area contributed by atoms with Crippen LogP contribution in [-0.4, -0.2) is 24.1 Å². The Morgan fingerprint density at radius 1 is 1.25 bits per heavy atom. The van der Waals surface area contributed by atoms with Crippen molar-refractivity contribution in [3.8, 4) is 11.3 Å². The Balaban J connectivity index is 1.74. The van der Waals surface area contributed by atoms with Crippen LogP contribution in [0, 0.1) is 0 Å². The van der Waals surface area contributed by atoms with Gasteiger partial charge < -0.3 is 15.1 Å². The average Bonchev–Trinajstić information content (AvgIpc) is 2.78. The fourth-order valence-electron chi connectivity index (χ4n) is 1.72. The zero-order valence-electron chi connectivity index (χ0n) is 8.81. The van der Waals surface area contributed by atoms with Crippen molar-refractivity contribution in [2.45, 2.75) is 6.04 Å². The SMILES string of the molecule is c1ncc(-c2ccc(NC3CNC3)cc2)o1. The van der Waals surface area contributed by atoms with Gasteiger partial charge in [0.15, 0.2) is 12.2 Å². The standard InChI is InChI=1S/C12H13N3O/c1-3-10(15-11-5-13-6-11)4-2-9(1)12-7-14-8-16-12/h1-4,7-8,11,13,15H,5-6H2. The number of nitrogens with zero attached hydrogens (tertiary/aromatic N) is 1. The molecule has 1 aliphatic heterocycles. The molecule has 0 atom stereocenters. The van der Waals surface area contributed by atoms with Gasteiger partial charge >= 0.3 is 0 Å². The molecule has 1 aromatic heterocycles. The van der Waals surface area contributed by atoms with Crippen LogP contribution in [0.1, 0.15) is 0 Å². The number of oxazole rings is 1. The van der Waals surface area contributed by atoms with E-state index in [1.54, 1.807) is 6.20 Å². The molecule has 82 valence electrons. The Kier molecular flexibility index (Phi) is 2.34. The van der Waals surface area contributed by atoms with Crippen LogP contribution < -0.4 is 10.6 Å². The Morgan fingerprint density at radius 3 is 2.62 bits per heavy atom. The maximum atomic E-state index is 5.23. The summed E-state index contributed by atoms with van der Waals surface area (Å²) in [4.78, 5) is 3.90. The second-order valence-corrected chi connectivity index (χ2v) is 3.94. The number of aromatic nitrogens is 1. The molecule has 1 aromatic carbocycles. The van der Waals surface area contributed by atoms with Crippen LogP contribution in [0.5, 0.6) is 0 Å². The second kappa shape index (κ2) is 3.98. The lowest BCUT2D eigenvalue weighted by Crippen LogP contribution is -2.51. The maximum absolute atomic E-state index is 5.23. The van der Waals surface area contributed by atoms with Gasteiger partial charge in [-0.3, -0.25) is 0 Å². The molecule has 16 heavy (non-hydrogen) atoms. The van der Waals surface area contributed by atoms with Crippen molar-refractivity contribution in [1.29, 1.82) is 0 Å². The molecule has 0 spiro atoms. The summed E-state index contributed by atoms with van der Waals surface area (Å²) < 4.78 is 5.23. The molecular weight excluding hydrogens is 202 g/mol. The zero-order valence-corrected chi connectivity index (χ0v) is 8.81. The van der Waals surface area contributed by atoms with Gasteiger partial charge in [0.05, 0.1) is 12.2 Å². The summed E-state index contributed by atoms with van der Waals surface area (Å²) >= 11 is 0. The lowest BCUT2D eigenvalue weighted by Gasteiger charge is -2.28. The molecule has 4 nitrogen and oxygen atoms in total. The summed E-state index contributed by atoms with van der Waals surface area (Å²) in [6.45, 7) is 2.09. The van der Waals surface area contributed by atoms with Crippen LogP contribution in [0.25, 0.3) is 11.3 Å². The third-order valence-corrected chi connectivity index (χ3v) is 2.75. The molecule has 2 heterocycles. The number of benzene rings is 1. The Hall–Kier alpha value is -1.81. The average molecular weight is 215 g/mol. The summed E-state index contributed by atoms with van der Waals surface area (Å²) in [5.74, 6) is 0.803. The molecule has 2 N–H and O–H groups in total. The number of hydrogen-bond donors (Lipinski definition) is 2. The van der Waals surface area contributed by atoms with Gasteiger partial charge in [0.25, 0.3) is 0 Å². The highest BCUT2D eigenvalue weighted by atomic mass is 16.3. The summed E-state index contributed by atoms with van der Waals surface area (Å²) in [6, 6.07) is 8.77. The predicted molar refractivity (Wildman–Crippen MR) is 62.2 cm³/mol. The van der Waals surface area contributed by atoms with Crippen molar-refractivity contribution in [2.24, 2.45) is 0 Å². The lowest BCUT2D eigenvalue weighted by atomic mass is 10.1. The second-order valence-electron chi connectivity index (χ2n) is 3.94. The van der Waals surface area contributed by atoms with E-state index in [2.05, 4.69) is 27.8 Å². The molecule has 0 saturated carbocycles. The summed E-state index contributed by atoms with van der Waals surface area (Å²) in [5, 5.41) is 6.67. The predicted octanol–water partition coefficient (Wildman–Crippen LogP) is 1.73. The maximum Gasteiger partial charge on any atom is 0.181 e. The zero-order chi connectivity index (χ0) is 10.8.